The lowest BCUT2D eigenvalue weighted by molar-refractivity contribution is -0.150. The third-order valence-electron chi connectivity index (χ3n) is 3.12. The van der Waals surface area contributed by atoms with Crippen molar-refractivity contribution < 1.29 is 19.1 Å². The highest BCUT2D eigenvalue weighted by atomic mass is 35.5. The van der Waals surface area contributed by atoms with Crippen LogP contribution >= 0.6 is 11.6 Å². The highest BCUT2D eigenvalue weighted by molar-refractivity contribution is 6.17. The van der Waals surface area contributed by atoms with E-state index < -0.39 is 0 Å². The van der Waals surface area contributed by atoms with E-state index in [1.807, 2.05) is 6.92 Å². The minimum absolute atomic E-state index is 0.0768. The van der Waals surface area contributed by atoms with Crippen molar-refractivity contribution in [1.82, 2.24) is 0 Å². The molecule has 0 saturated heterocycles. The van der Waals surface area contributed by atoms with Gasteiger partial charge in [0.05, 0.1) is 26.1 Å². The first-order valence-electron chi connectivity index (χ1n) is 8.08. The Kier molecular flexibility index (Phi) is 14.2. The molecule has 0 saturated carbocycles. The Bertz CT molecular complexity index is 329. The van der Waals surface area contributed by atoms with E-state index in [1.54, 1.807) is 0 Å². The van der Waals surface area contributed by atoms with Gasteiger partial charge in [-0.1, -0.05) is 31.3 Å². The van der Waals surface area contributed by atoms with E-state index in [0.717, 1.165) is 43.6 Å². The average Bonchev–Trinajstić information content (AvgIpc) is 2.47. The molecular weight excluding hydrogens is 304 g/mol. The van der Waals surface area contributed by atoms with Crippen LogP contribution in [0.1, 0.15) is 64.7 Å². The Morgan fingerprint density at radius 1 is 0.818 bits per heavy atom. The van der Waals surface area contributed by atoms with Gasteiger partial charge in [0.2, 0.25) is 0 Å². The zero-order valence-corrected chi connectivity index (χ0v) is 14.5. The van der Waals surface area contributed by atoms with Gasteiger partial charge in [-0.05, 0) is 19.8 Å². The van der Waals surface area contributed by atoms with E-state index in [2.05, 4.69) is 6.58 Å². The van der Waals surface area contributed by atoms with E-state index in [1.165, 1.54) is 6.42 Å². The third-order valence-corrected chi connectivity index (χ3v) is 3.38. The van der Waals surface area contributed by atoms with Crippen LogP contribution in [0.5, 0.6) is 0 Å². The quantitative estimate of drug-likeness (QED) is 0.205. The molecule has 0 aromatic rings. The molecule has 0 bridgehead atoms. The number of esters is 2. The third kappa shape index (κ3) is 15.4. The van der Waals surface area contributed by atoms with Crippen molar-refractivity contribution in [2.45, 2.75) is 64.7 Å². The molecule has 0 atom stereocenters. The Hall–Kier alpha value is -1.03. The molecule has 0 N–H and O–H groups in total. The summed E-state index contributed by atoms with van der Waals surface area (Å²) in [5.41, 5.74) is 0.967. The molecule has 0 amide bonds. The lowest BCUT2D eigenvalue weighted by atomic mass is 10.1. The summed E-state index contributed by atoms with van der Waals surface area (Å²) >= 11 is 5.60. The van der Waals surface area contributed by atoms with Gasteiger partial charge in [0.15, 0.2) is 0 Å². The lowest BCUT2D eigenvalue weighted by Crippen LogP contribution is -2.11. The number of alkyl halides is 1. The summed E-state index contributed by atoms with van der Waals surface area (Å²) in [5, 5.41) is 0. The predicted molar refractivity (Wildman–Crippen MR) is 89.0 cm³/mol. The number of carbonyl (C=O) groups excluding carboxylic acids is 2. The molecule has 0 spiro atoms. The van der Waals surface area contributed by atoms with Crippen molar-refractivity contribution in [2.75, 3.05) is 19.1 Å². The van der Waals surface area contributed by atoms with Crippen LogP contribution in [-0.4, -0.2) is 31.0 Å². The van der Waals surface area contributed by atoms with Crippen molar-refractivity contribution in [3.05, 3.63) is 12.2 Å². The Labute approximate surface area is 139 Å². The van der Waals surface area contributed by atoms with Crippen LogP contribution in [0.2, 0.25) is 0 Å². The second kappa shape index (κ2) is 14.9. The second-order valence-corrected chi connectivity index (χ2v) is 5.84. The van der Waals surface area contributed by atoms with E-state index in [4.69, 9.17) is 21.1 Å². The zero-order valence-electron chi connectivity index (χ0n) is 13.7. The van der Waals surface area contributed by atoms with Crippen LogP contribution in [0, 0.1) is 0 Å². The molecule has 0 radical (unpaired) electrons. The van der Waals surface area contributed by atoms with Crippen LogP contribution in [0.4, 0.5) is 0 Å². The smallest absolute Gasteiger partial charge is 0.306 e. The minimum atomic E-state index is -0.363. The van der Waals surface area contributed by atoms with Crippen LogP contribution in [0.15, 0.2) is 12.2 Å². The first-order chi connectivity index (χ1) is 10.6. The summed E-state index contributed by atoms with van der Waals surface area (Å²) in [4.78, 5) is 22.8. The number of carbonyl (C=O) groups is 2. The van der Waals surface area contributed by atoms with E-state index in [9.17, 15) is 9.59 Å². The highest BCUT2D eigenvalue weighted by Crippen LogP contribution is 2.06. The predicted octanol–water partition coefficient (Wildman–Crippen LogP) is 4.40. The molecule has 22 heavy (non-hydrogen) atoms. The molecule has 0 aromatic carbocycles. The number of hydrogen-bond acceptors (Lipinski definition) is 4. The average molecular weight is 333 g/mol. The molecule has 0 fully saturated rings. The monoisotopic (exact) mass is 332 g/mol. The molecule has 4 nitrogen and oxygen atoms in total. The van der Waals surface area contributed by atoms with Gasteiger partial charge in [-0.15, -0.1) is 18.2 Å². The van der Waals surface area contributed by atoms with Crippen molar-refractivity contribution >= 4 is 23.5 Å². The molecule has 0 aliphatic rings. The molecule has 128 valence electrons. The van der Waals surface area contributed by atoms with Gasteiger partial charge < -0.3 is 9.47 Å². The fourth-order valence-corrected chi connectivity index (χ4v) is 1.97. The summed E-state index contributed by atoms with van der Waals surface area (Å²) in [6.07, 6.45) is 7.29. The fraction of sp³-hybridized carbons (Fsp3) is 0.765. The van der Waals surface area contributed by atoms with Crippen molar-refractivity contribution in [3.8, 4) is 0 Å². The summed E-state index contributed by atoms with van der Waals surface area (Å²) in [6.45, 7) is 6.36. The van der Waals surface area contributed by atoms with Crippen LogP contribution in [0.25, 0.3) is 0 Å². The molecule has 0 unspecified atom stereocenters. The molecule has 0 aliphatic heterocycles. The van der Waals surface area contributed by atoms with Crippen LogP contribution in [-0.2, 0) is 19.1 Å². The van der Waals surface area contributed by atoms with Gasteiger partial charge in [-0.3, -0.25) is 9.59 Å². The van der Waals surface area contributed by atoms with Gasteiger partial charge in [0.25, 0.3) is 0 Å². The molecule has 5 heteroatoms. The van der Waals surface area contributed by atoms with Crippen LogP contribution < -0.4 is 0 Å². The number of hydrogen-bond donors (Lipinski definition) is 0. The highest BCUT2D eigenvalue weighted by Gasteiger charge is 2.08. The summed E-state index contributed by atoms with van der Waals surface area (Å²) < 4.78 is 10.1. The normalized spacial score (nSPS) is 10.3. The first-order valence-corrected chi connectivity index (χ1v) is 8.61. The number of halogens is 1. The Balaban J connectivity index is 3.38. The Morgan fingerprint density at radius 3 is 1.86 bits per heavy atom. The van der Waals surface area contributed by atoms with E-state index >= 15 is 0 Å². The van der Waals surface area contributed by atoms with Gasteiger partial charge >= 0.3 is 11.9 Å². The topological polar surface area (TPSA) is 52.6 Å². The minimum Gasteiger partial charge on any atom is -0.466 e. The number of rotatable bonds is 14. The standard InChI is InChI=1S/C17H29ClO4/c1-15(2)11-14-22-17(20)10-9-16(19)21-13-8-6-4-3-5-7-12-18/h1,3-14H2,2H3. The van der Waals surface area contributed by atoms with Crippen molar-refractivity contribution in [3.63, 3.8) is 0 Å². The van der Waals surface area contributed by atoms with Gasteiger partial charge in [-0.2, -0.15) is 0 Å². The second-order valence-electron chi connectivity index (χ2n) is 5.46. The van der Waals surface area contributed by atoms with Crippen molar-refractivity contribution in [1.29, 1.82) is 0 Å². The molecule has 0 rings (SSSR count). The van der Waals surface area contributed by atoms with Gasteiger partial charge in [0.1, 0.15) is 0 Å². The molecule has 0 heterocycles. The molecule has 0 aromatic heterocycles. The largest absolute Gasteiger partial charge is 0.466 e. The number of ether oxygens (including phenoxy) is 2. The maximum Gasteiger partial charge on any atom is 0.306 e. The van der Waals surface area contributed by atoms with E-state index in [-0.39, 0.29) is 24.8 Å². The molecule has 0 aliphatic carbocycles. The lowest BCUT2D eigenvalue weighted by Gasteiger charge is -2.06. The van der Waals surface area contributed by atoms with Gasteiger partial charge in [-0.25, -0.2) is 0 Å². The zero-order chi connectivity index (χ0) is 16.6. The maximum atomic E-state index is 11.4. The molecular formula is C17H29ClO4. The SMILES string of the molecule is C=C(C)CCOC(=O)CCC(=O)OCCCCCCCCCl. The fourth-order valence-electron chi connectivity index (χ4n) is 1.78. The number of unbranched alkanes of at least 4 members (excludes halogenated alkanes) is 5. The van der Waals surface area contributed by atoms with E-state index in [0.29, 0.717) is 19.6 Å². The van der Waals surface area contributed by atoms with Crippen LogP contribution in [0.3, 0.4) is 0 Å². The summed E-state index contributed by atoms with van der Waals surface area (Å²) in [6, 6.07) is 0. The summed E-state index contributed by atoms with van der Waals surface area (Å²) in [7, 11) is 0. The summed E-state index contributed by atoms with van der Waals surface area (Å²) in [5.74, 6) is 0.0317. The van der Waals surface area contributed by atoms with Crippen molar-refractivity contribution in [2.24, 2.45) is 0 Å². The van der Waals surface area contributed by atoms with Gasteiger partial charge in [0, 0.05) is 12.3 Å². The maximum absolute atomic E-state index is 11.4. The Morgan fingerprint density at radius 2 is 1.32 bits per heavy atom. The first kappa shape index (κ1) is 21.0.